The Morgan fingerprint density at radius 1 is 1.06 bits per heavy atom. The first-order valence-electron chi connectivity index (χ1n) is 13.6. The van der Waals surface area contributed by atoms with Crippen LogP contribution in [0, 0.1) is 34.5 Å². The van der Waals surface area contributed by atoms with Crippen LogP contribution in [0.1, 0.15) is 92.9 Å². The lowest BCUT2D eigenvalue weighted by atomic mass is 9.44. The van der Waals surface area contributed by atoms with Crippen LogP contribution in [-0.4, -0.2) is 44.5 Å². The first kappa shape index (κ1) is 27.8. The molecule has 0 aliphatic heterocycles. The predicted octanol–water partition coefficient (Wildman–Crippen LogP) is 3.93. The van der Waals surface area contributed by atoms with Crippen LogP contribution in [0.5, 0.6) is 0 Å². The summed E-state index contributed by atoms with van der Waals surface area (Å²) in [4.78, 5) is 13.8. The van der Waals surface area contributed by atoms with Crippen LogP contribution in [-0.2, 0) is 19.4 Å². The van der Waals surface area contributed by atoms with Crippen molar-refractivity contribution in [3.8, 4) is 0 Å². The minimum absolute atomic E-state index is 0.0349. The summed E-state index contributed by atoms with van der Waals surface area (Å²) < 4.78 is 37.8. The highest BCUT2D eigenvalue weighted by Crippen LogP contribution is 2.66. The van der Waals surface area contributed by atoms with Crippen molar-refractivity contribution in [3.63, 3.8) is 0 Å². The molecule has 0 aromatic carbocycles. The monoisotopic (exact) mass is 497 g/mol. The number of hydrogen-bond donors (Lipinski definition) is 1. The molecule has 0 bridgehead atoms. The van der Waals surface area contributed by atoms with Gasteiger partial charge in [0.25, 0.3) is 0 Å². The average Bonchev–Trinajstić information content (AvgIpc) is 3.12. The van der Waals surface area contributed by atoms with Crippen LogP contribution in [0.4, 0.5) is 0 Å². The summed E-state index contributed by atoms with van der Waals surface area (Å²) in [5.74, 6) is 2.47. The molecule has 0 heterocycles. The molecule has 7 heteroatoms. The highest BCUT2D eigenvalue weighted by molar-refractivity contribution is 7.80. The maximum absolute atomic E-state index is 12.2. The summed E-state index contributed by atoms with van der Waals surface area (Å²) >= 11 is 0. The van der Waals surface area contributed by atoms with E-state index in [9.17, 15) is 17.8 Å². The molecule has 0 aromatic rings. The second-order valence-electron chi connectivity index (χ2n) is 11.7. The summed E-state index contributed by atoms with van der Waals surface area (Å²) in [5, 5.41) is 0. The number of fused-ring (bicyclic) bond motifs is 5. The Morgan fingerprint density at radius 2 is 1.71 bits per heavy atom. The van der Waals surface area contributed by atoms with Crippen molar-refractivity contribution in [1.29, 1.82) is 0 Å². The van der Waals surface area contributed by atoms with Crippen molar-refractivity contribution in [1.82, 2.24) is 0 Å². The largest absolute Gasteiger partial charge is 0.726 e. The molecule has 0 amide bonds. The number of hydrogen-bond acceptors (Lipinski definition) is 5. The third kappa shape index (κ3) is 5.47. The third-order valence-corrected chi connectivity index (χ3v) is 10.8. The topological polar surface area (TPSA) is 87.9 Å². The average molecular weight is 498 g/mol. The van der Waals surface area contributed by atoms with E-state index in [1.165, 1.54) is 19.6 Å². The second-order valence-corrected chi connectivity index (χ2v) is 12.7. The van der Waals surface area contributed by atoms with Crippen LogP contribution in [0.3, 0.4) is 0 Å². The molecular formula is C27H47NO5S. The molecule has 0 aromatic heterocycles. The van der Waals surface area contributed by atoms with Gasteiger partial charge in [0.2, 0.25) is 10.4 Å². The van der Waals surface area contributed by atoms with Gasteiger partial charge >= 0.3 is 0 Å². The van der Waals surface area contributed by atoms with E-state index in [4.69, 9.17) is 4.18 Å². The fraction of sp³-hybridized carbons (Fsp3) is 0.889. The van der Waals surface area contributed by atoms with Crippen molar-refractivity contribution in [3.05, 3.63) is 11.6 Å². The minimum Gasteiger partial charge on any atom is -0.726 e. The number of carbonyl (C=O) groups excluding carboxylic acids is 1. The van der Waals surface area contributed by atoms with E-state index in [1.54, 1.807) is 11.8 Å². The van der Waals surface area contributed by atoms with Gasteiger partial charge in [-0.2, -0.15) is 0 Å². The molecule has 6 nitrogen and oxygen atoms in total. The molecule has 7 atom stereocenters. The molecule has 4 aliphatic rings. The van der Waals surface area contributed by atoms with Crippen LogP contribution >= 0.6 is 0 Å². The van der Waals surface area contributed by atoms with Gasteiger partial charge in [-0.25, -0.2) is 8.42 Å². The van der Waals surface area contributed by atoms with Gasteiger partial charge in [0.05, 0.1) is 25.7 Å². The number of carbonyl (C=O) groups is 1. The van der Waals surface area contributed by atoms with Gasteiger partial charge in [-0.1, -0.05) is 19.9 Å². The zero-order valence-corrected chi connectivity index (χ0v) is 23.0. The number of quaternary nitrogens is 1. The van der Waals surface area contributed by atoms with Crippen LogP contribution in [0.15, 0.2) is 11.6 Å². The molecule has 0 saturated heterocycles. The van der Waals surface area contributed by atoms with E-state index in [2.05, 4.69) is 40.7 Å². The molecule has 4 rings (SSSR count). The molecule has 1 N–H and O–H groups in total. The van der Waals surface area contributed by atoms with Gasteiger partial charge in [-0.15, -0.1) is 0 Å². The standard InChI is InChI=1S/C21H32O5S.C6H15N/c1-13(22)17-6-7-18-16-5-4-14-12-15(26-27(23,24)25)8-10-20(14,2)19(16)9-11-21(17,18)3;1-4-7(5-2)6-3/h6,14-16,18-19H,4-5,7-12H2,1-3H3,(H,23,24,25);4-6H2,1-3H3/t14-,15-,16-,18-,19-,20-,21+;/m0./s1. The van der Waals surface area contributed by atoms with Gasteiger partial charge < -0.3 is 9.45 Å². The molecule has 196 valence electrons. The fourth-order valence-corrected chi connectivity index (χ4v) is 8.84. The quantitative estimate of drug-likeness (QED) is 0.444. The normalized spacial score (nSPS) is 39.3. The van der Waals surface area contributed by atoms with E-state index in [1.807, 2.05) is 0 Å². The van der Waals surface area contributed by atoms with Crippen LogP contribution < -0.4 is 4.90 Å². The molecule has 3 fully saturated rings. The summed E-state index contributed by atoms with van der Waals surface area (Å²) in [6.07, 6.45) is 9.45. The number of rotatable bonds is 6. The summed E-state index contributed by atoms with van der Waals surface area (Å²) in [6, 6.07) is 0. The fourth-order valence-electron chi connectivity index (χ4n) is 8.34. The highest BCUT2D eigenvalue weighted by Gasteiger charge is 2.59. The van der Waals surface area contributed by atoms with Gasteiger partial charge in [0.15, 0.2) is 5.78 Å². The van der Waals surface area contributed by atoms with Crippen LogP contribution in [0.25, 0.3) is 0 Å². The van der Waals surface area contributed by atoms with E-state index in [0.29, 0.717) is 36.5 Å². The zero-order chi connectivity index (χ0) is 25.3. The molecule has 4 aliphatic carbocycles. The maximum Gasteiger partial charge on any atom is 0.217 e. The lowest BCUT2D eigenvalue weighted by Crippen LogP contribution is -3.11. The Hall–Kier alpha value is -0.760. The van der Waals surface area contributed by atoms with Gasteiger partial charge in [0, 0.05) is 0 Å². The number of Topliss-reactive ketones (excluding diaryl/α,β-unsaturated/α-hetero) is 1. The van der Waals surface area contributed by atoms with Gasteiger partial charge in [-0.3, -0.25) is 8.98 Å². The molecule has 0 radical (unpaired) electrons. The SMILES string of the molecule is CC(=O)C1=CC[C@H]2[C@@H]3CC[C@H]4C[C@@H](OS(=O)(=O)[O-])CC[C@]4(C)[C@H]3CC[C@]12C.CC[NH+](CC)CC. The summed E-state index contributed by atoms with van der Waals surface area (Å²) in [7, 11) is -4.63. The minimum atomic E-state index is -4.63. The predicted molar refractivity (Wildman–Crippen MR) is 133 cm³/mol. The first-order valence-corrected chi connectivity index (χ1v) is 14.9. The molecular weight excluding hydrogens is 450 g/mol. The van der Waals surface area contributed by atoms with Gasteiger partial charge in [-0.05, 0) is 119 Å². The van der Waals surface area contributed by atoms with Gasteiger partial charge in [0.1, 0.15) is 0 Å². The lowest BCUT2D eigenvalue weighted by molar-refractivity contribution is -0.894. The maximum atomic E-state index is 12.2. The zero-order valence-electron chi connectivity index (χ0n) is 22.2. The van der Waals surface area contributed by atoms with E-state index >= 15 is 0 Å². The molecule has 0 unspecified atom stereocenters. The Bertz CT molecular complexity index is 861. The first-order chi connectivity index (χ1) is 15.9. The van der Waals surface area contributed by atoms with Crippen LogP contribution in [0.2, 0.25) is 0 Å². The highest BCUT2D eigenvalue weighted by atomic mass is 32.3. The number of allylic oxidation sites excluding steroid dienone is 2. The smallest absolute Gasteiger partial charge is 0.217 e. The van der Waals surface area contributed by atoms with E-state index in [-0.39, 0.29) is 16.6 Å². The van der Waals surface area contributed by atoms with Crippen molar-refractivity contribution in [2.75, 3.05) is 19.6 Å². The molecule has 0 spiro atoms. The Labute approximate surface area is 207 Å². The van der Waals surface area contributed by atoms with Crippen molar-refractivity contribution in [2.45, 2.75) is 99.0 Å². The third-order valence-electron chi connectivity index (χ3n) is 10.3. The Morgan fingerprint density at radius 3 is 2.24 bits per heavy atom. The lowest BCUT2D eigenvalue weighted by Gasteiger charge is -2.60. The van der Waals surface area contributed by atoms with Crippen molar-refractivity contribution >= 4 is 16.2 Å². The van der Waals surface area contributed by atoms with Crippen molar-refractivity contribution < 1.29 is 26.8 Å². The molecule has 34 heavy (non-hydrogen) atoms. The van der Waals surface area contributed by atoms with E-state index < -0.39 is 16.5 Å². The number of ketones is 1. The Kier molecular flexibility index (Phi) is 8.75. The molecule has 3 saturated carbocycles. The summed E-state index contributed by atoms with van der Waals surface area (Å²) in [5.41, 5.74) is 1.28. The number of nitrogens with one attached hydrogen (secondary N) is 1. The second kappa shape index (κ2) is 10.7. The summed E-state index contributed by atoms with van der Waals surface area (Å²) in [6.45, 7) is 16.9. The van der Waals surface area contributed by atoms with Crippen molar-refractivity contribution in [2.24, 2.45) is 34.5 Å². The van der Waals surface area contributed by atoms with E-state index in [0.717, 1.165) is 44.1 Å². The Balaban J connectivity index is 0.000000406.